The molecule has 4 heteroatoms. The summed E-state index contributed by atoms with van der Waals surface area (Å²) in [6, 6.07) is 0. The van der Waals surface area contributed by atoms with Crippen LogP contribution in [0, 0.1) is 0 Å². The molecular weight excluding hydrogens is 186 g/mol. The van der Waals surface area contributed by atoms with E-state index in [0.29, 0.717) is 12.3 Å². The lowest BCUT2D eigenvalue weighted by atomic mass is 10.1. The van der Waals surface area contributed by atoms with Crippen LogP contribution in [0.15, 0.2) is 5.51 Å². The van der Waals surface area contributed by atoms with Crippen LogP contribution >= 0.6 is 11.3 Å². The number of hydrogen-bond acceptors (Lipinski definition) is 3. The minimum atomic E-state index is -0.761. The average Bonchev–Trinajstić information content (AvgIpc) is 2.47. The molecule has 3 nitrogen and oxygen atoms in total. The minimum Gasteiger partial charge on any atom is -0.481 e. The number of aliphatic carboxylic acids is 1. The third-order valence-electron chi connectivity index (χ3n) is 1.77. The molecule has 1 aromatic rings. The van der Waals surface area contributed by atoms with Gasteiger partial charge in [-0.2, -0.15) is 0 Å². The fourth-order valence-electron chi connectivity index (χ4n) is 1.16. The lowest BCUT2D eigenvalue weighted by Gasteiger charge is -2.03. The first-order chi connectivity index (χ1) is 6.11. The van der Waals surface area contributed by atoms with Gasteiger partial charge in [0.25, 0.3) is 0 Å². The Morgan fingerprint density at radius 2 is 2.38 bits per heavy atom. The van der Waals surface area contributed by atoms with Gasteiger partial charge in [0.15, 0.2) is 0 Å². The predicted molar refractivity (Wildman–Crippen MR) is 52.2 cm³/mol. The zero-order valence-corrected chi connectivity index (χ0v) is 8.60. The highest BCUT2D eigenvalue weighted by molar-refractivity contribution is 7.09. The smallest absolute Gasteiger partial charge is 0.303 e. The van der Waals surface area contributed by atoms with Crippen molar-refractivity contribution in [2.75, 3.05) is 0 Å². The van der Waals surface area contributed by atoms with E-state index in [4.69, 9.17) is 5.11 Å². The minimum absolute atomic E-state index is 0.170. The maximum absolute atomic E-state index is 10.4. The number of aryl methyl sites for hydroxylation is 1. The standard InChI is InChI=1S/C9H13NO2S/c1-6(2)9-7(10-5-13-9)3-4-8(11)12/h5-6H,3-4H2,1-2H3,(H,11,12). The molecule has 0 aromatic carbocycles. The van der Waals surface area contributed by atoms with Crippen molar-refractivity contribution in [1.82, 2.24) is 4.98 Å². The maximum atomic E-state index is 10.4. The van der Waals surface area contributed by atoms with Crippen molar-refractivity contribution in [1.29, 1.82) is 0 Å². The summed E-state index contributed by atoms with van der Waals surface area (Å²) in [4.78, 5) is 15.7. The number of rotatable bonds is 4. The van der Waals surface area contributed by atoms with Crippen LogP contribution < -0.4 is 0 Å². The molecule has 72 valence electrons. The van der Waals surface area contributed by atoms with Crippen molar-refractivity contribution in [2.45, 2.75) is 32.6 Å². The van der Waals surface area contributed by atoms with Crippen molar-refractivity contribution >= 4 is 17.3 Å². The number of aromatic nitrogens is 1. The maximum Gasteiger partial charge on any atom is 0.303 e. The molecule has 1 N–H and O–H groups in total. The second kappa shape index (κ2) is 4.37. The molecule has 0 atom stereocenters. The zero-order valence-electron chi connectivity index (χ0n) is 7.78. The lowest BCUT2D eigenvalue weighted by Crippen LogP contribution is -2.00. The molecular formula is C9H13NO2S. The summed E-state index contributed by atoms with van der Waals surface area (Å²) in [5.41, 5.74) is 2.73. The van der Waals surface area contributed by atoms with E-state index < -0.39 is 5.97 Å². The van der Waals surface area contributed by atoms with Crippen molar-refractivity contribution in [3.8, 4) is 0 Å². The summed E-state index contributed by atoms with van der Waals surface area (Å²) in [5.74, 6) is -0.320. The first-order valence-corrected chi connectivity index (χ1v) is 5.13. The van der Waals surface area contributed by atoms with Gasteiger partial charge in [-0.3, -0.25) is 4.79 Å². The lowest BCUT2D eigenvalue weighted by molar-refractivity contribution is -0.136. The highest BCUT2D eigenvalue weighted by Crippen LogP contribution is 2.23. The Morgan fingerprint density at radius 1 is 1.69 bits per heavy atom. The third-order valence-corrected chi connectivity index (χ3v) is 2.94. The van der Waals surface area contributed by atoms with E-state index in [1.165, 1.54) is 4.88 Å². The van der Waals surface area contributed by atoms with Gasteiger partial charge in [0.2, 0.25) is 0 Å². The molecule has 0 unspecified atom stereocenters. The third kappa shape index (κ3) is 2.81. The fraction of sp³-hybridized carbons (Fsp3) is 0.556. The van der Waals surface area contributed by atoms with Crippen LogP contribution in [-0.2, 0) is 11.2 Å². The van der Waals surface area contributed by atoms with Crippen LogP contribution in [0.2, 0.25) is 0 Å². The van der Waals surface area contributed by atoms with Crippen LogP contribution in [-0.4, -0.2) is 16.1 Å². The van der Waals surface area contributed by atoms with E-state index in [0.717, 1.165) is 5.69 Å². The molecule has 0 amide bonds. The van der Waals surface area contributed by atoms with E-state index in [9.17, 15) is 4.79 Å². The summed E-state index contributed by atoms with van der Waals surface area (Å²) >= 11 is 1.61. The van der Waals surface area contributed by atoms with Gasteiger partial charge in [0.1, 0.15) is 0 Å². The van der Waals surface area contributed by atoms with Gasteiger partial charge >= 0.3 is 5.97 Å². The molecule has 0 aliphatic heterocycles. The quantitative estimate of drug-likeness (QED) is 0.809. The Balaban J connectivity index is 2.65. The van der Waals surface area contributed by atoms with E-state index >= 15 is 0 Å². The van der Waals surface area contributed by atoms with Gasteiger partial charge in [0, 0.05) is 11.3 Å². The second-order valence-electron chi connectivity index (χ2n) is 3.21. The summed E-state index contributed by atoms with van der Waals surface area (Å²) in [7, 11) is 0. The normalized spacial score (nSPS) is 10.7. The summed E-state index contributed by atoms with van der Waals surface area (Å²) < 4.78 is 0. The van der Waals surface area contributed by atoms with Gasteiger partial charge in [-0.15, -0.1) is 11.3 Å². The molecule has 0 aliphatic carbocycles. The first kappa shape index (κ1) is 10.2. The predicted octanol–water partition coefficient (Wildman–Crippen LogP) is 2.28. The van der Waals surface area contributed by atoms with Crippen molar-refractivity contribution in [2.24, 2.45) is 0 Å². The molecule has 13 heavy (non-hydrogen) atoms. The molecule has 1 aromatic heterocycles. The topological polar surface area (TPSA) is 50.2 Å². The van der Waals surface area contributed by atoms with Crippen molar-refractivity contribution in [3.05, 3.63) is 16.1 Å². The average molecular weight is 199 g/mol. The van der Waals surface area contributed by atoms with Gasteiger partial charge in [0.05, 0.1) is 17.6 Å². The highest BCUT2D eigenvalue weighted by Gasteiger charge is 2.10. The van der Waals surface area contributed by atoms with Gasteiger partial charge < -0.3 is 5.11 Å². The monoisotopic (exact) mass is 199 g/mol. The number of hydrogen-bond donors (Lipinski definition) is 1. The van der Waals surface area contributed by atoms with Crippen LogP contribution in [0.1, 0.15) is 36.8 Å². The van der Waals surface area contributed by atoms with Gasteiger partial charge in [-0.25, -0.2) is 4.98 Å². The molecule has 0 bridgehead atoms. The molecule has 0 radical (unpaired) electrons. The van der Waals surface area contributed by atoms with Crippen LogP contribution in [0.4, 0.5) is 0 Å². The fourth-order valence-corrected chi connectivity index (χ4v) is 2.02. The molecule has 0 fully saturated rings. The number of carbonyl (C=O) groups is 1. The molecule has 0 aliphatic rings. The van der Waals surface area contributed by atoms with E-state index in [1.807, 2.05) is 0 Å². The molecule has 0 spiro atoms. The summed E-state index contributed by atoms with van der Waals surface area (Å²) in [5, 5.41) is 8.52. The summed E-state index contributed by atoms with van der Waals surface area (Å²) in [6.45, 7) is 4.19. The SMILES string of the molecule is CC(C)c1scnc1CCC(=O)O. The van der Waals surface area contributed by atoms with Crippen molar-refractivity contribution < 1.29 is 9.90 Å². The first-order valence-electron chi connectivity index (χ1n) is 4.25. The molecule has 1 rings (SSSR count). The Kier molecular flexibility index (Phi) is 3.42. The van der Waals surface area contributed by atoms with E-state index in [2.05, 4.69) is 18.8 Å². The van der Waals surface area contributed by atoms with Crippen LogP contribution in [0.25, 0.3) is 0 Å². The number of carboxylic acid groups (broad SMARTS) is 1. The Hall–Kier alpha value is -0.900. The largest absolute Gasteiger partial charge is 0.481 e. The van der Waals surface area contributed by atoms with Crippen molar-refractivity contribution in [3.63, 3.8) is 0 Å². The van der Waals surface area contributed by atoms with Crippen LogP contribution in [0.3, 0.4) is 0 Å². The molecule has 0 saturated heterocycles. The number of carboxylic acids is 1. The van der Waals surface area contributed by atoms with Gasteiger partial charge in [-0.05, 0) is 5.92 Å². The van der Waals surface area contributed by atoms with Crippen LogP contribution in [0.5, 0.6) is 0 Å². The molecule has 0 saturated carbocycles. The number of thiazole rings is 1. The number of nitrogens with zero attached hydrogens (tertiary/aromatic N) is 1. The summed E-state index contributed by atoms with van der Waals surface area (Å²) in [6.07, 6.45) is 0.718. The second-order valence-corrected chi connectivity index (χ2v) is 4.10. The van der Waals surface area contributed by atoms with E-state index in [1.54, 1.807) is 16.8 Å². The Morgan fingerprint density at radius 3 is 2.92 bits per heavy atom. The highest BCUT2D eigenvalue weighted by atomic mass is 32.1. The Bertz CT molecular complexity index is 294. The molecule has 1 heterocycles. The van der Waals surface area contributed by atoms with Gasteiger partial charge in [-0.1, -0.05) is 13.8 Å². The van der Waals surface area contributed by atoms with E-state index in [-0.39, 0.29) is 6.42 Å². The Labute approximate surface area is 81.4 Å². The zero-order chi connectivity index (χ0) is 9.84.